The molecule has 1 aromatic carbocycles. The molecular formula is C24H25Cl2N3O. The molecule has 156 valence electrons. The van der Waals surface area contributed by atoms with Crippen molar-refractivity contribution in [1.82, 2.24) is 15.5 Å². The smallest absolute Gasteiger partial charge is 0.270 e. The third-order valence-corrected chi connectivity index (χ3v) is 8.35. The van der Waals surface area contributed by atoms with E-state index in [9.17, 15) is 4.79 Å². The zero-order valence-corrected chi connectivity index (χ0v) is 18.2. The van der Waals surface area contributed by atoms with Gasteiger partial charge in [0.1, 0.15) is 11.9 Å². The first-order chi connectivity index (χ1) is 14.5. The number of nitrogens with one attached hydrogen (secondary N) is 2. The van der Waals surface area contributed by atoms with Gasteiger partial charge < -0.3 is 15.5 Å². The molecule has 4 saturated carbocycles. The Hall–Kier alpha value is -1.91. The molecule has 1 aromatic rings. The normalized spacial score (nSPS) is 35.6. The molecule has 6 aliphatic rings. The van der Waals surface area contributed by atoms with Crippen molar-refractivity contribution in [2.24, 2.45) is 17.8 Å². The highest BCUT2D eigenvalue weighted by Gasteiger charge is 2.52. The van der Waals surface area contributed by atoms with Crippen molar-refractivity contribution < 1.29 is 4.79 Å². The van der Waals surface area contributed by atoms with E-state index in [0.29, 0.717) is 15.7 Å². The van der Waals surface area contributed by atoms with E-state index >= 15 is 0 Å². The van der Waals surface area contributed by atoms with Crippen LogP contribution in [0.5, 0.6) is 0 Å². The van der Waals surface area contributed by atoms with Crippen LogP contribution in [-0.4, -0.2) is 16.3 Å². The van der Waals surface area contributed by atoms with E-state index in [-0.39, 0.29) is 17.6 Å². The van der Waals surface area contributed by atoms with Gasteiger partial charge in [-0.2, -0.15) is 0 Å². The highest BCUT2D eigenvalue weighted by molar-refractivity contribution is 6.42. The summed E-state index contributed by atoms with van der Waals surface area (Å²) in [6.07, 6.45) is 15.3. The van der Waals surface area contributed by atoms with Crippen LogP contribution in [0.25, 0.3) is 0 Å². The quantitative estimate of drug-likeness (QED) is 0.670. The lowest BCUT2D eigenvalue weighted by Crippen LogP contribution is -2.60. The van der Waals surface area contributed by atoms with Crippen molar-refractivity contribution in [3.05, 3.63) is 69.6 Å². The summed E-state index contributed by atoms with van der Waals surface area (Å²) in [7, 11) is 0. The zero-order chi connectivity index (χ0) is 20.5. The molecule has 4 nitrogen and oxygen atoms in total. The van der Waals surface area contributed by atoms with Gasteiger partial charge in [0.2, 0.25) is 0 Å². The molecule has 7 rings (SSSR count). The Morgan fingerprint density at radius 1 is 1.03 bits per heavy atom. The average molecular weight is 442 g/mol. The van der Waals surface area contributed by atoms with Crippen molar-refractivity contribution >= 4 is 29.1 Å². The number of hydrogen-bond acceptors (Lipinski definition) is 3. The average Bonchev–Trinajstić information content (AvgIpc) is 3.09. The molecule has 1 atom stereocenters. The molecule has 4 aliphatic carbocycles. The van der Waals surface area contributed by atoms with Crippen molar-refractivity contribution in [3.8, 4) is 0 Å². The largest absolute Gasteiger partial charge is 0.355 e. The Kier molecular flexibility index (Phi) is 4.26. The van der Waals surface area contributed by atoms with E-state index in [2.05, 4.69) is 15.5 Å². The third kappa shape index (κ3) is 2.99. The van der Waals surface area contributed by atoms with Crippen LogP contribution in [0.3, 0.4) is 0 Å². The number of nitrogens with zero attached hydrogens (tertiary/aromatic N) is 1. The summed E-state index contributed by atoms with van der Waals surface area (Å²) < 4.78 is 0. The first-order valence-corrected chi connectivity index (χ1v) is 11.7. The van der Waals surface area contributed by atoms with Gasteiger partial charge in [-0.3, -0.25) is 4.79 Å². The van der Waals surface area contributed by atoms with Crippen molar-refractivity contribution in [2.45, 2.75) is 50.2 Å². The molecule has 2 N–H and O–H groups in total. The van der Waals surface area contributed by atoms with Crippen LogP contribution < -0.4 is 10.6 Å². The van der Waals surface area contributed by atoms with Crippen LogP contribution in [0.1, 0.15) is 50.3 Å². The topological polar surface area (TPSA) is 44.4 Å². The number of fused-ring (bicyclic) bond motifs is 1. The molecule has 4 fully saturated rings. The molecule has 0 spiro atoms. The molecule has 6 heteroatoms. The summed E-state index contributed by atoms with van der Waals surface area (Å²) in [5.41, 5.74) is 2.50. The fourth-order valence-corrected chi connectivity index (χ4v) is 7.16. The second kappa shape index (κ2) is 6.80. The number of amides is 1. The first-order valence-electron chi connectivity index (χ1n) is 10.9. The van der Waals surface area contributed by atoms with Crippen LogP contribution in [0.15, 0.2) is 54.0 Å². The Bertz CT molecular complexity index is 976. The lowest BCUT2D eigenvalue weighted by Gasteiger charge is -2.56. The first kappa shape index (κ1) is 18.8. The van der Waals surface area contributed by atoms with Gasteiger partial charge in [0, 0.05) is 11.7 Å². The maximum absolute atomic E-state index is 13.5. The van der Waals surface area contributed by atoms with Crippen LogP contribution in [0.2, 0.25) is 10.0 Å². The highest BCUT2D eigenvalue weighted by Crippen LogP contribution is 2.55. The molecule has 30 heavy (non-hydrogen) atoms. The standard InChI is InChI=1S/C24H25Cl2N3O/c25-18-5-4-17(10-19(18)26)22-27-21(20-3-1-2-6-29(20)22)23(30)28-24-11-14-7-15(12-24)9-16(8-14)13-24/h1-6,10,14-16,22,27H,7-9,11-13H2,(H,28,30). The summed E-state index contributed by atoms with van der Waals surface area (Å²) >= 11 is 12.4. The summed E-state index contributed by atoms with van der Waals surface area (Å²) in [5.74, 6) is 2.40. The van der Waals surface area contributed by atoms with Gasteiger partial charge in [0.15, 0.2) is 0 Å². The van der Waals surface area contributed by atoms with Gasteiger partial charge in [-0.05, 0) is 86.1 Å². The van der Waals surface area contributed by atoms with E-state index in [1.807, 2.05) is 36.6 Å². The summed E-state index contributed by atoms with van der Waals surface area (Å²) in [5, 5.41) is 8.01. The van der Waals surface area contributed by atoms with Crippen molar-refractivity contribution in [1.29, 1.82) is 0 Å². The zero-order valence-electron chi connectivity index (χ0n) is 16.7. The summed E-state index contributed by atoms with van der Waals surface area (Å²) in [4.78, 5) is 15.6. The number of rotatable bonds is 3. The fraction of sp³-hybridized carbons (Fsp3) is 0.458. The summed E-state index contributed by atoms with van der Waals surface area (Å²) in [6.45, 7) is 0. The second-order valence-corrected chi connectivity index (χ2v) is 10.6. The van der Waals surface area contributed by atoms with E-state index in [1.54, 1.807) is 6.07 Å². The molecular weight excluding hydrogens is 417 g/mol. The molecule has 0 aromatic heterocycles. The fourth-order valence-electron chi connectivity index (χ4n) is 6.85. The number of benzene rings is 1. The molecule has 1 amide bonds. The number of halogens is 2. The molecule has 2 aliphatic heterocycles. The Balaban J connectivity index is 1.28. The van der Waals surface area contributed by atoms with Gasteiger partial charge in [-0.25, -0.2) is 0 Å². The van der Waals surface area contributed by atoms with E-state index in [4.69, 9.17) is 23.2 Å². The Morgan fingerprint density at radius 2 is 1.73 bits per heavy atom. The van der Waals surface area contributed by atoms with E-state index < -0.39 is 0 Å². The molecule has 1 unspecified atom stereocenters. The molecule has 2 heterocycles. The van der Waals surface area contributed by atoms with Crippen molar-refractivity contribution in [2.75, 3.05) is 0 Å². The maximum Gasteiger partial charge on any atom is 0.270 e. The minimum atomic E-state index is -0.187. The monoisotopic (exact) mass is 441 g/mol. The third-order valence-electron chi connectivity index (χ3n) is 7.61. The number of carbonyl (C=O) groups excluding carboxylic acids is 1. The maximum atomic E-state index is 13.5. The second-order valence-electron chi connectivity index (χ2n) is 9.74. The Morgan fingerprint density at radius 3 is 2.40 bits per heavy atom. The minimum absolute atomic E-state index is 0.0121. The van der Waals surface area contributed by atoms with Gasteiger partial charge in [-0.1, -0.05) is 35.3 Å². The summed E-state index contributed by atoms with van der Waals surface area (Å²) in [6, 6.07) is 5.62. The van der Waals surface area contributed by atoms with Crippen LogP contribution in [-0.2, 0) is 4.79 Å². The number of allylic oxidation sites excluding steroid dienone is 3. The van der Waals surface area contributed by atoms with Crippen LogP contribution >= 0.6 is 23.2 Å². The molecule has 4 bridgehead atoms. The van der Waals surface area contributed by atoms with Crippen LogP contribution in [0.4, 0.5) is 0 Å². The molecule has 0 saturated heterocycles. The van der Waals surface area contributed by atoms with E-state index in [0.717, 1.165) is 48.3 Å². The van der Waals surface area contributed by atoms with Gasteiger partial charge in [-0.15, -0.1) is 0 Å². The number of carbonyl (C=O) groups is 1. The van der Waals surface area contributed by atoms with Gasteiger partial charge in [0.05, 0.1) is 15.7 Å². The number of hydrogen-bond donors (Lipinski definition) is 2. The SMILES string of the molecule is O=C(NC12CC3CC(CC(C3)C1)C2)C1=C2C=CC=CN2C(c2ccc(Cl)c(Cl)c2)N1. The lowest BCUT2D eigenvalue weighted by molar-refractivity contribution is -0.123. The lowest BCUT2D eigenvalue weighted by atomic mass is 9.53. The minimum Gasteiger partial charge on any atom is -0.355 e. The molecule has 0 radical (unpaired) electrons. The highest BCUT2D eigenvalue weighted by atomic mass is 35.5. The predicted molar refractivity (Wildman–Crippen MR) is 119 cm³/mol. The predicted octanol–water partition coefficient (Wildman–Crippen LogP) is 5.28. The van der Waals surface area contributed by atoms with Gasteiger partial charge >= 0.3 is 0 Å². The van der Waals surface area contributed by atoms with Crippen LogP contribution in [0, 0.1) is 17.8 Å². The van der Waals surface area contributed by atoms with E-state index in [1.165, 1.54) is 19.3 Å². The Labute approximate surface area is 187 Å². The van der Waals surface area contributed by atoms with Crippen molar-refractivity contribution in [3.63, 3.8) is 0 Å². The van der Waals surface area contributed by atoms with Gasteiger partial charge in [0.25, 0.3) is 5.91 Å².